The van der Waals surface area contributed by atoms with E-state index in [1.54, 1.807) is 11.9 Å². The van der Waals surface area contributed by atoms with Crippen molar-refractivity contribution in [2.45, 2.75) is 26.1 Å². The zero-order valence-electron chi connectivity index (χ0n) is 21.8. The van der Waals surface area contributed by atoms with Gasteiger partial charge in [0.2, 0.25) is 12.7 Å². The van der Waals surface area contributed by atoms with Crippen LogP contribution in [0.5, 0.6) is 11.5 Å². The van der Waals surface area contributed by atoms with Gasteiger partial charge in [0.15, 0.2) is 17.2 Å². The maximum Gasteiger partial charge on any atom is 0.275 e. The fourth-order valence-electron chi connectivity index (χ4n) is 4.93. The number of amides is 1. The lowest BCUT2D eigenvalue weighted by atomic mass is 10.1. The minimum atomic E-state index is -0.171. The second kappa shape index (κ2) is 11.0. The van der Waals surface area contributed by atoms with Gasteiger partial charge in [-0.15, -0.1) is 0 Å². The molecule has 0 fully saturated rings. The maximum atomic E-state index is 13.0. The summed E-state index contributed by atoms with van der Waals surface area (Å²) < 4.78 is 16.8. The van der Waals surface area contributed by atoms with Crippen LogP contribution < -0.4 is 9.47 Å². The number of carbonyl (C=O) groups is 1. The summed E-state index contributed by atoms with van der Waals surface area (Å²) in [6.07, 6.45) is 4.38. The number of aromatic amines is 1. The van der Waals surface area contributed by atoms with Gasteiger partial charge in [0.25, 0.3) is 5.91 Å². The fraction of sp³-hybridized carbons (Fsp3) is 0.226. The summed E-state index contributed by atoms with van der Waals surface area (Å²) in [7, 11) is 1.77. The number of nitrogens with zero attached hydrogens (tertiary/aromatic N) is 3. The number of carbonyl (C=O) groups excluding carboxylic acids is 1. The molecule has 2 aromatic heterocycles. The van der Waals surface area contributed by atoms with Crippen LogP contribution in [0.1, 0.15) is 33.1 Å². The molecular weight excluding hydrogens is 492 g/mol. The van der Waals surface area contributed by atoms with Crippen molar-refractivity contribution in [3.05, 3.63) is 114 Å². The molecule has 0 saturated carbocycles. The molecule has 0 bridgehead atoms. The Morgan fingerprint density at radius 1 is 0.923 bits per heavy atom. The molecule has 8 heteroatoms. The third-order valence-electron chi connectivity index (χ3n) is 6.95. The van der Waals surface area contributed by atoms with Crippen molar-refractivity contribution in [3.63, 3.8) is 0 Å². The van der Waals surface area contributed by atoms with Gasteiger partial charge in [-0.3, -0.25) is 9.69 Å². The highest BCUT2D eigenvalue weighted by Gasteiger charge is 2.20. The molecule has 3 heterocycles. The Balaban J connectivity index is 1.17. The highest BCUT2D eigenvalue weighted by Crippen LogP contribution is 2.33. The van der Waals surface area contributed by atoms with Crippen molar-refractivity contribution in [3.8, 4) is 11.5 Å². The molecule has 198 valence electrons. The highest BCUT2D eigenvalue weighted by molar-refractivity contribution is 5.91. The molecule has 5 aromatic rings. The average molecular weight is 523 g/mol. The predicted octanol–water partition coefficient (Wildman–Crippen LogP) is 5.40. The summed E-state index contributed by atoms with van der Waals surface area (Å²) in [5.41, 5.74) is 4.85. The standard InChI is InChI=1S/C31H30N4O4/c1-34(17-22-7-3-2-4-8-22)31(36)27-20-37-30(33-27)19-35(18-23-11-12-28-29(15-23)39-21-38-28)14-13-24-16-32-26-10-6-5-9-25(24)26/h2-12,15-16,20,32H,13-14,17-19,21H2,1H3. The van der Waals surface area contributed by atoms with Gasteiger partial charge in [0, 0.05) is 43.8 Å². The summed E-state index contributed by atoms with van der Waals surface area (Å²) in [4.78, 5) is 24.9. The number of rotatable bonds is 10. The van der Waals surface area contributed by atoms with E-state index >= 15 is 0 Å². The highest BCUT2D eigenvalue weighted by atomic mass is 16.7. The quantitative estimate of drug-likeness (QED) is 0.264. The number of H-pyrrole nitrogens is 1. The van der Waals surface area contributed by atoms with E-state index in [2.05, 4.69) is 45.3 Å². The Labute approximate surface area is 226 Å². The van der Waals surface area contributed by atoms with Gasteiger partial charge >= 0.3 is 0 Å². The van der Waals surface area contributed by atoms with Crippen molar-refractivity contribution in [1.29, 1.82) is 0 Å². The third kappa shape index (κ3) is 5.66. The van der Waals surface area contributed by atoms with Gasteiger partial charge in [-0.25, -0.2) is 4.98 Å². The van der Waals surface area contributed by atoms with Crippen LogP contribution >= 0.6 is 0 Å². The number of hydrogen-bond donors (Lipinski definition) is 1. The van der Waals surface area contributed by atoms with E-state index in [-0.39, 0.29) is 12.7 Å². The summed E-state index contributed by atoms with van der Waals surface area (Å²) in [5, 5.41) is 1.23. The van der Waals surface area contributed by atoms with Gasteiger partial charge in [-0.05, 0) is 41.3 Å². The summed E-state index contributed by atoms with van der Waals surface area (Å²) in [5.74, 6) is 1.86. The van der Waals surface area contributed by atoms with E-state index in [1.807, 2.05) is 48.5 Å². The Kier molecular flexibility index (Phi) is 7.01. The lowest BCUT2D eigenvalue weighted by Crippen LogP contribution is -2.27. The lowest BCUT2D eigenvalue weighted by Gasteiger charge is -2.21. The summed E-state index contributed by atoms with van der Waals surface area (Å²) >= 11 is 0. The molecule has 1 aliphatic rings. The molecule has 0 spiro atoms. The van der Waals surface area contributed by atoms with Crippen LogP contribution in [0.15, 0.2) is 89.7 Å². The topological polar surface area (TPSA) is 83.8 Å². The van der Waals surface area contributed by atoms with Crippen molar-refractivity contribution >= 4 is 16.8 Å². The van der Waals surface area contributed by atoms with Gasteiger partial charge in [0.1, 0.15) is 6.26 Å². The maximum absolute atomic E-state index is 13.0. The molecule has 0 radical (unpaired) electrons. The van der Waals surface area contributed by atoms with E-state index in [0.29, 0.717) is 31.2 Å². The normalized spacial score (nSPS) is 12.4. The van der Waals surface area contributed by atoms with E-state index in [0.717, 1.165) is 41.1 Å². The number of hydrogen-bond acceptors (Lipinski definition) is 6. The number of benzene rings is 3. The largest absolute Gasteiger partial charge is 0.454 e. The number of nitrogens with one attached hydrogen (secondary N) is 1. The van der Waals surface area contributed by atoms with Crippen LogP contribution in [0, 0.1) is 0 Å². The van der Waals surface area contributed by atoms with Gasteiger partial charge in [-0.2, -0.15) is 0 Å². The first-order chi connectivity index (χ1) is 19.1. The second-order valence-corrected chi connectivity index (χ2v) is 9.78. The van der Waals surface area contributed by atoms with Gasteiger partial charge < -0.3 is 23.8 Å². The number of para-hydroxylation sites is 1. The molecule has 0 aliphatic carbocycles. The molecule has 3 aromatic carbocycles. The van der Waals surface area contributed by atoms with Crippen LogP contribution in [0.4, 0.5) is 0 Å². The third-order valence-corrected chi connectivity index (χ3v) is 6.95. The van der Waals surface area contributed by atoms with Gasteiger partial charge in [0.05, 0.1) is 6.54 Å². The zero-order chi connectivity index (χ0) is 26.6. The van der Waals surface area contributed by atoms with Crippen molar-refractivity contribution in [2.24, 2.45) is 0 Å². The van der Waals surface area contributed by atoms with E-state index in [1.165, 1.54) is 17.2 Å². The van der Waals surface area contributed by atoms with Crippen molar-refractivity contribution in [1.82, 2.24) is 19.8 Å². The van der Waals surface area contributed by atoms with E-state index < -0.39 is 0 Å². The predicted molar refractivity (Wildman–Crippen MR) is 147 cm³/mol. The molecular formula is C31H30N4O4. The van der Waals surface area contributed by atoms with E-state index in [4.69, 9.17) is 13.9 Å². The Morgan fingerprint density at radius 2 is 1.74 bits per heavy atom. The van der Waals surface area contributed by atoms with Crippen LogP contribution in [0.25, 0.3) is 10.9 Å². The Hall–Kier alpha value is -4.56. The zero-order valence-corrected chi connectivity index (χ0v) is 21.8. The fourth-order valence-corrected chi connectivity index (χ4v) is 4.93. The first kappa shape index (κ1) is 24.8. The van der Waals surface area contributed by atoms with Crippen molar-refractivity contribution < 1.29 is 18.7 Å². The molecule has 0 saturated heterocycles. The number of aromatic nitrogens is 2. The molecule has 6 rings (SSSR count). The monoisotopic (exact) mass is 522 g/mol. The first-order valence-electron chi connectivity index (χ1n) is 13.0. The van der Waals surface area contributed by atoms with Crippen LogP contribution in [0.3, 0.4) is 0 Å². The van der Waals surface area contributed by atoms with Gasteiger partial charge in [-0.1, -0.05) is 54.6 Å². The SMILES string of the molecule is CN(Cc1ccccc1)C(=O)c1coc(CN(CCc2c[nH]c3ccccc23)Cc2ccc3c(c2)OCO3)n1. The Morgan fingerprint density at radius 3 is 2.64 bits per heavy atom. The molecule has 1 N–H and O–H groups in total. The molecule has 1 aliphatic heterocycles. The molecule has 8 nitrogen and oxygen atoms in total. The Bertz CT molecular complexity index is 1580. The first-order valence-corrected chi connectivity index (χ1v) is 13.0. The molecule has 0 unspecified atom stereocenters. The van der Waals surface area contributed by atoms with Crippen LogP contribution in [-0.4, -0.2) is 46.1 Å². The number of ether oxygens (including phenoxy) is 2. The second-order valence-electron chi connectivity index (χ2n) is 9.78. The minimum Gasteiger partial charge on any atom is -0.454 e. The smallest absolute Gasteiger partial charge is 0.275 e. The number of fused-ring (bicyclic) bond motifs is 2. The molecule has 0 atom stereocenters. The summed E-state index contributed by atoms with van der Waals surface area (Å²) in [6, 6.07) is 24.2. The number of oxazole rings is 1. The van der Waals surface area contributed by atoms with Crippen molar-refractivity contribution in [2.75, 3.05) is 20.4 Å². The molecule has 1 amide bonds. The van der Waals surface area contributed by atoms with E-state index in [9.17, 15) is 4.79 Å². The summed E-state index contributed by atoms with van der Waals surface area (Å²) in [6.45, 7) is 2.65. The lowest BCUT2D eigenvalue weighted by molar-refractivity contribution is 0.0779. The average Bonchev–Trinajstić information content (AvgIpc) is 3.71. The van der Waals surface area contributed by atoms with Crippen LogP contribution in [0.2, 0.25) is 0 Å². The minimum absolute atomic E-state index is 0.171. The van der Waals surface area contributed by atoms with Crippen LogP contribution in [-0.2, 0) is 26.1 Å². The molecule has 39 heavy (non-hydrogen) atoms.